The third-order valence-corrected chi connectivity index (χ3v) is 8.07. The maximum Gasteiger partial charge on any atom is 0.172 e. The van der Waals surface area contributed by atoms with E-state index in [1.165, 1.54) is 173 Å². The molecule has 1 rings (SSSR count). The Morgan fingerprint density at radius 3 is 1.22 bits per heavy atom. The Balaban J connectivity index is 2.31. The molecule has 1 aromatic rings. The van der Waals surface area contributed by atoms with Crippen LogP contribution in [0.4, 0.5) is 0 Å². The number of hydrogen-bond acceptors (Lipinski definition) is 0. The summed E-state index contributed by atoms with van der Waals surface area (Å²) in [6, 6.07) is 2.47. The average Bonchev–Trinajstić information content (AvgIpc) is 2.89. The Bertz CT molecular complexity index is 578. The van der Waals surface area contributed by atoms with Crippen molar-refractivity contribution in [2.24, 2.45) is 0 Å². The molecule has 0 N–H and O–H groups in total. The van der Waals surface area contributed by atoms with Crippen molar-refractivity contribution in [2.75, 3.05) is 0 Å². The fraction of sp³-hybridized carbons (Fsp3) is 0.857. The van der Waals surface area contributed by atoms with Crippen LogP contribution in [0.1, 0.15) is 186 Å². The molecule has 210 valence electrons. The lowest BCUT2D eigenvalue weighted by Crippen LogP contribution is -2.34. The number of pyridine rings is 1. The van der Waals surface area contributed by atoms with Gasteiger partial charge in [0.1, 0.15) is 6.54 Å². The smallest absolute Gasteiger partial charge is 0.172 e. The summed E-state index contributed by atoms with van der Waals surface area (Å²) in [5, 5.41) is 0. The highest BCUT2D eigenvalue weighted by molar-refractivity contribution is 5.21. The molecule has 1 nitrogen and oxygen atoms in total. The molecule has 36 heavy (non-hydrogen) atoms. The van der Waals surface area contributed by atoms with Gasteiger partial charge in [0, 0.05) is 18.1 Å². The second-order valence-corrected chi connectivity index (χ2v) is 11.7. The zero-order valence-electron chi connectivity index (χ0n) is 25.3. The summed E-state index contributed by atoms with van der Waals surface area (Å²) >= 11 is 0. The predicted octanol–water partition coefficient (Wildman–Crippen LogP) is 11.5. The number of unbranched alkanes of at least 4 members (excludes halogenated alkanes) is 21. The van der Waals surface area contributed by atoms with Gasteiger partial charge >= 0.3 is 0 Å². The van der Waals surface area contributed by atoms with Gasteiger partial charge in [-0.1, -0.05) is 149 Å². The maximum absolute atomic E-state index is 2.52. The SMILES string of the molecule is CCCCCCCCCCCCCC[n+]1ccc(CCCCCCCC)c(CCCCCCCC)c1. The van der Waals surface area contributed by atoms with Gasteiger partial charge in [-0.25, -0.2) is 4.57 Å². The Morgan fingerprint density at radius 2 is 0.778 bits per heavy atom. The zero-order valence-corrected chi connectivity index (χ0v) is 25.3. The largest absolute Gasteiger partial charge is 0.205 e. The van der Waals surface area contributed by atoms with Crippen LogP contribution in [0.25, 0.3) is 0 Å². The number of rotatable bonds is 27. The van der Waals surface area contributed by atoms with E-state index in [-0.39, 0.29) is 0 Å². The van der Waals surface area contributed by atoms with Gasteiger partial charge < -0.3 is 0 Å². The van der Waals surface area contributed by atoms with E-state index in [0.717, 1.165) is 0 Å². The second kappa shape index (κ2) is 25.8. The average molecular weight is 501 g/mol. The molecule has 1 heterocycles. The van der Waals surface area contributed by atoms with Gasteiger partial charge in [0.2, 0.25) is 0 Å². The topological polar surface area (TPSA) is 3.88 Å². The lowest BCUT2D eigenvalue weighted by atomic mass is 9.98. The normalized spacial score (nSPS) is 11.4. The summed E-state index contributed by atoms with van der Waals surface area (Å²) < 4.78 is 2.51. The molecule has 0 radical (unpaired) electrons. The molecule has 0 aliphatic carbocycles. The van der Waals surface area contributed by atoms with Crippen molar-refractivity contribution in [3.8, 4) is 0 Å². The van der Waals surface area contributed by atoms with Gasteiger partial charge in [-0.3, -0.25) is 0 Å². The van der Waals surface area contributed by atoms with Gasteiger partial charge in [0.05, 0.1) is 0 Å². The predicted molar refractivity (Wildman–Crippen MR) is 162 cm³/mol. The molecule has 0 atom stereocenters. The number of aromatic nitrogens is 1. The quantitative estimate of drug-likeness (QED) is 0.0835. The summed E-state index contributed by atoms with van der Waals surface area (Å²) in [4.78, 5) is 0. The van der Waals surface area contributed by atoms with Crippen LogP contribution in [0, 0.1) is 0 Å². The van der Waals surface area contributed by atoms with Crippen LogP contribution in [0.5, 0.6) is 0 Å². The van der Waals surface area contributed by atoms with Crippen LogP contribution in [-0.2, 0) is 19.4 Å². The monoisotopic (exact) mass is 501 g/mol. The van der Waals surface area contributed by atoms with Gasteiger partial charge in [-0.15, -0.1) is 0 Å². The van der Waals surface area contributed by atoms with Crippen molar-refractivity contribution >= 4 is 0 Å². The van der Waals surface area contributed by atoms with Gasteiger partial charge in [0.25, 0.3) is 0 Å². The van der Waals surface area contributed by atoms with E-state index >= 15 is 0 Å². The van der Waals surface area contributed by atoms with Crippen LogP contribution < -0.4 is 4.57 Å². The molecule has 0 unspecified atom stereocenters. The van der Waals surface area contributed by atoms with Crippen LogP contribution in [0.2, 0.25) is 0 Å². The Morgan fingerprint density at radius 1 is 0.417 bits per heavy atom. The van der Waals surface area contributed by atoms with Gasteiger partial charge in [-0.2, -0.15) is 0 Å². The highest BCUT2D eigenvalue weighted by Crippen LogP contribution is 2.17. The second-order valence-electron chi connectivity index (χ2n) is 11.7. The summed E-state index contributed by atoms with van der Waals surface area (Å²) in [7, 11) is 0. The number of aryl methyl sites for hydroxylation is 3. The molecule has 1 aromatic heterocycles. The van der Waals surface area contributed by atoms with E-state index in [4.69, 9.17) is 0 Å². The fourth-order valence-electron chi connectivity index (χ4n) is 5.55. The summed E-state index contributed by atoms with van der Waals surface area (Å²) in [5.41, 5.74) is 3.30. The van der Waals surface area contributed by atoms with Crippen molar-refractivity contribution in [1.29, 1.82) is 0 Å². The summed E-state index contributed by atoms with van der Waals surface area (Å²) in [6.07, 6.45) is 41.4. The van der Waals surface area contributed by atoms with E-state index in [1.54, 1.807) is 11.1 Å². The lowest BCUT2D eigenvalue weighted by molar-refractivity contribution is -0.697. The molecule has 0 spiro atoms. The Labute approximate surface area is 228 Å². The highest BCUT2D eigenvalue weighted by Gasteiger charge is 2.10. The molecular formula is C35H66N+. The molecule has 0 saturated carbocycles. The molecule has 1 heteroatoms. The first-order valence-corrected chi connectivity index (χ1v) is 16.8. The van der Waals surface area contributed by atoms with E-state index in [9.17, 15) is 0 Å². The number of nitrogens with zero attached hydrogens (tertiary/aromatic N) is 1. The Kier molecular flexibility index (Phi) is 23.8. The van der Waals surface area contributed by atoms with Gasteiger partial charge in [-0.05, 0) is 37.7 Å². The fourth-order valence-corrected chi connectivity index (χ4v) is 5.55. The summed E-state index contributed by atoms with van der Waals surface area (Å²) in [6.45, 7) is 8.14. The highest BCUT2D eigenvalue weighted by atomic mass is 14.9. The first-order valence-electron chi connectivity index (χ1n) is 16.8. The van der Waals surface area contributed by atoms with Crippen LogP contribution in [-0.4, -0.2) is 0 Å². The minimum Gasteiger partial charge on any atom is -0.205 e. The van der Waals surface area contributed by atoms with Crippen LogP contribution in [0.15, 0.2) is 18.5 Å². The van der Waals surface area contributed by atoms with E-state index < -0.39 is 0 Å². The first kappa shape index (κ1) is 33.2. The minimum absolute atomic E-state index is 1.21. The molecule has 0 bridgehead atoms. The first-order chi connectivity index (χ1) is 17.8. The maximum atomic E-state index is 2.52. The van der Waals surface area contributed by atoms with Crippen molar-refractivity contribution in [3.63, 3.8) is 0 Å². The van der Waals surface area contributed by atoms with Crippen LogP contribution in [0.3, 0.4) is 0 Å². The standard InChI is InChI=1S/C35H66N/c1-4-7-10-13-16-17-18-19-20-21-24-27-31-36-32-30-34(28-25-22-14-11-8-5-2)35(33-36)29-26-23-15-12-9-6-3/h30,32-33H,4-29,31H2,1-3H3/q+1. The molecule has 0 aliphatic rings. The van der Waals surface area contributed by atoms with Crippen LogP contribution >= 0.6 is 0 Å². The Hall–Kier alpha value is -0.850. The van der Waals surface area contributed by atoms with E-state index in [1.807, 2.05) is 0 Å². The molecule has 0 saturated heterocycles. The molecule has 0 aromatic carbocycles. The third kappa shape index (κ3) is 19.3. The van der Waals surface area contributed by atoms with Gasteiger partial charge in [0.15, 0.2) is 12.4 Å². The zero-order chi connectivity index (χ0) is 25.9. The molecular weight excluding hydrogens is 434 g/mol. The van der Waals surface area contributed by atoms with Crippen molar-refractivity contribution in [3.05, 3.63) is 29.6 Å². The van der Waals surface area contributed by atoms with Crippen molar-refractivity contribution in [1.82, 2.24) is 0 Å². The number of hydrogen-bond donors (Lipinski definition) is 0. The molecule has 0 aliphatic heterocycles. The van der Waals surface area contributed by atoms with E-state index in [0.29, 0.717) is 0 Å². The lowest BCUT2D eigenvalue weighted by Gasteiger charge is -2.09. The molecule has 0 amide bonds. The minimum atomic E-state index is 1.21. The van der Waals surface area contributed by atoms with Crippen molar-refractivity contribution in [2.45, 2.75) is 194 Å². The molecule has 0 fully saturated rings. The third-order valence-electron chi connectivity index (χ3n) is 8.07. The van der Waals surface area contributed by atoms with E-state index in [2.05, 4.69) is 43.8 Å². The summed E-state index contributed by atoms with van der Waals surface area (Å²) in [5.74, 6) is 0. The van der Waals surface area contributed by atoms with Crippen molar-refractivity contribution < 1.29 is 4.57 Å².